The number of halogens is 2. The number of carbonyl (C=O) groups is 1. The van der Waals surface area contributed by atoms with Crippen LogP contribution >= 0.6 is 23.2 Å². The predicted octanol–water partition coefficient (Wildman–Crippen LogP) is 5.36. The lowest BCUT2D eigenvalue weighted by Crippen LogP contribution is -2.13. The lowest BCUT2D eigenvalue weighted by atomic mass is 10.1. The van der Waals surface area contributed by atoms with E-state index in [4.69, 9.17) is 27.9 Å². The summed E-state index contributed by atoms with van der Waals surface area (Å²) in [4.78, 5) is 16.7. The predicted molar refractivity (Wildman–Crippen MR) is 119 cm³/mol. The molecule has 0 spiro atoms. The summed E-state index contributed by atoms with van der Waals surface area (Å²) < 4.78 is 7.10. The minimum absolute atomic E-state index is 0.275. The van der Waals surface area contributed by atoms with Gasteiger partial charge in [0.15, 0.2) is 0 Å². The molecule has 8 heteroatoms. The molecule has 2 aromatic heterocycles. The fourth-order valence-electron chi connectivity index (χ4n) is 3.22. The average Bonchev–Trinajstić information content (AvgIpc) is 3.06. The third-order valence-electron chi connectivity index (χ3n) is 4.78. The maximum Gasteiger partial charge on any atom is 0.255 e. The highest BCUT2D eigenvalue weighted by molar-refractivity contribution is 6.39. The standard InChI is InChI=1S/C22H18Cl2N4O2/c1-13-17-8-5-15(22(29)26-21-18(23)10-25-11-19(21)24)9-20(17)28(27-13)12-14-3-6-16(30-2)7-4-14/h3-11H,12H2,1-2H3,(H,25,26,29). The molecular formula is C22H18Cl2N4O2. The van der Waals surface area contributed by atoms with E-state index in [1.54, 1.807) is 13.2 Å². The van der Waals surface area contributed by atoms with Crippen LogP contribution in [0.15, 0.2) is 54.9 Å². The average molecular weight is 441 g/mol. The largest absolute Gasteiger partial charge is 0.497 e. The molecule has 4 rings (SSSR count). The molecule has 4 aromatic rings. The monoisotopic (exact) mass is 440 g/mol. The fourth-order valence-corrected chi connectivity index (χ4v) is 3.68. The van der Waals surface area contributed by atoms with Gasteiger partial charge in [-0.3, -0.25) is 14.5 Å². The quantitative estimate of drug-likeness (QED) is 0.453. The molecule has 0 fully saturated rings. The van der Waals surface area contributed by atoms with Gasteiger partial charge in [-0.2, -0.15) is 5.10 Å². The molecular weight excluding hydrogens is 423 g/mol. The molecule has 0 aliphatic carbocycles. The molecule has 0 aliphatic rings. The Kier molecular flexibility index (Phi) is 5.61. The van der Waals surface area contributed by atoms with Crippen LogP contribution in [0.2, 0.25) is 10.0 Å². The normalized spacial score (nSPS) is 10.9. The first kappa shape index (κ1) is 20.2. The van der Waals surface area contributed by atoms with Gasteiger partial charge in [0.05, 0.1) is 40.6 Å². The van der Waals surface area contributed by atoms with Gasteiger partial charge in [-0.1, -0.05) is 41.4 Å². The molecule has 1 amide bonds. The van der Waals surface area contributed by atoms with E-state index >= 15 is 0 Å². The minimum Gasteiger partial charge on any atom is -0.497 e. The van der Waals surface area contributed by atoms with Crippen molar-refractivity contribution in [3.63, 3.8) is 0 Å². The summed E-state index contributed by atoms with van der Waals surface area (Å²) in [6.45, 7) is 2.52. The van der Waals surface area contributed by atoms with E-state index in [2.05, 4.69) is 15.4 Å². The molecule has 2 aromatic carbocycles. The van der Waals surface area contributed by atoms with Crippen molar-refractivity contribution in [3.8, 4) is 5.75 Å². The summed E-state index contributed by atoms with van der Waals surface area (Å²) in [5.41, 5.74) is 3.64. The number of nitrogens with one attached hydrogen (secondary N) is 1. The molecule has 0 saturated carbocycles. The Morgan fingerprint density at radius 1 is 1.10 bits per heavy atom. The molecule has 1 N–H and O–H groups in total. The minimum atomic E-state index is -0.318. The van der Waals surface area contributed by atoms with Crippen LogP contribution in [0.25, 0.3) is 10.9 Å². The van der Waals surface area contributed by atoms with Crippen molar-refractivity contribution in [1.82, 2.24) is 14.8 Å². The number of nitrogens with zero attached hydrogens (tertiary/aromatic N) is 3. The van der Waals surface area contributed by atoms with Gasteiger partial charge < -0.3 is 10.1 Å². The molecule has 0 aliphatic heterocycles. The van der Waals surface area contributed by atoms with E-state index in [0.29, 0.717) is 17.8 Å². The van der Waals surface area contributed by atoms with Crippen LogP contribution in [0.5, 0.6) is 5.75 Å². The number of benzene rings is 2. The summed E-state index contributed by atoms with van der Waals surface area (Å²) >= 11 is 12.2. The lowest BCUT2D eigenvalue weighted by Gasteiger charge is -2.09. The number of fused-ring (bicyclic) bond motifs is 1. The first-order valence-electron chi connectivity index (χ1n) is 9.16. The highest BCUT2D eigenvalue weighted by atomic mass is 35.5. The first-order valence-corrected chi connectivity index (χ1v) is 9.92. The Labute approximate surface area is 183 Å². The van der Waals surface area contributed by atoms with Crippen LogP contribution < -0.4 is 10.1 Å². The number of methoxy groups -OCH3 is 1. The zero-order valence-corrected chi connectivity index (χ0v) is 17.8. The summed E-state index contributed by atoms with van der Waals surface area (Å²) in [5.74, 6) is 0.481. The molecule has 152 valence electrons. The maximum absolute atomic E-state index is 12.8. The van der Waals surface area contributed by atoms with Crippen LogP contribution in [0.4, 0.5) is 5.69 Å². The summed E-state index contributed by atoms with van der Waals surface area (Å²) in [6.07, 6.45) is 2.86. The van der Waals surface area contributed by atoms with Crippen LogP contribution in [-0.4, -0.2) is 27.8 Å². The van der Waals surface area contributed by atoms with E-state index in [0.717, 1.165) is 27.9 Å². The van der Waals surface area contributed by atoms with Gasteiger partial charge in [0, 0.05) is 23.3 Å². The number of amides is 1. The Morgan fingerprint density at radius 3 is 2.47 bits per heavy atom. The molecule has 0 saturated heterocycles. The van der Waals surface area contributed by atoms with Crippen LogP contribution in [0.1, 0.15) is 21.6 Å². The zero-order chi connectivity index (χ0) is 21.3. The van der Waals surface area contributed by atoms with Crippen LogP contribution in [-0.2, 0) is 6.54 Å². The van der Waals surface area contributed by atoms with Gasteiger partial charge in [0.25, 0.3) is 5.91 Å². The third-order valence-corrected chi connectivity index (χ3v) is 5.35. The number of anilines is 1. The van der Waals surface area contributed by atoms with Gasteiger partial charge in [-0.05, 0) is 36.8 Å². The van der Waals surface area contributed by atoms with E-state index in [1.165, 1.54) is 12.4 Å². The number of pyridine rings is 1. The van der Waals surface area contributed by atoms with Gasteiger partial charge in [-0.25, -0.2) is 0 Å². The summed E-state index contributed by atoms with van der Waals surface area (Å²) in [6, 6.07) is 13.3. The van der Waals surface area contributed by atoms with Crippen molar-refractivity contribution in [2.45, 2.75) is 13.5 Å². The van der Waals surface area contributed by atoms with Crippen molar-refractivity contribution >= 4 is 45.7 Å². The SMILES string of the molecule is COc1ccc(Cn2nc(C)c3ccc(C(=O)Nc4c(Cl)cncc4Cl)cc32)cc1. The first-order chi connectivity index (χ1) is 14.5. The lowest BCUT2D eigenvalue weighted by molar-refractivity contribution is 0.102. The number of aromatic nitrogens is 3. The van der Waals surface area contributed by atoms with Crippen molar-refractivity contribution in [3.05, 3.63) is 81.7 Å². The number of ether oxygens (including phenoxy) is 1. The van der Waals surface area contributed by atoms with E-state index in [1.807, 2.05) is 48.0 Å². The van der Waals surface area contributed by atoms with Crippen molar-refractivity contribution in [2.75, 3.05) is 12.4 Å². The smallest absolute Gasteiger partial charge is 0.255 e. The summed E-state index contributed by atoms with van der Waals surface area (Å²) in [7, 11) is 1.64. The molecule has 30 heavy (non-hydrogen) atoms. The maximum atomic E-state index is 12.8. The second-order valence-electron chi connectivity index (χ2n) is 6.76. The fraction of sp³-hybridized carbons (Fsp3) is 0.136. The molecule has 6 nitrogen and oxygen atoms in total. The van der Waals surface area contributed by atoms with Crippen molar-refractivity contribution < 1.29 is 9.53 Å². The van der Waals surface area contributed by atoms with Crippen molar-refractivity contribution in [2.24, 2.45) is 0 Å². The highest BCUT2D eigenvalue weighted by Gasteiger charge is 2.15. The van der Waals surface area contributed by atoms with E-state index < -0.39 is 0 Å². The second-order valence-corrected chi connectivity index (χ2v) is 7.57. The number of rotatable bonds is 5. The van der Waals surface area contributed by atoms with Crippen LogP contribution in [0, 0.1) is 6.92 Å². The Balaban J connectivity index is 1.65. The Hall–Kier alpha value is -3.09. The number of aryl methyl sites for hydroxylation is 1. The molecule has 2 heterocycles. The second kappa shape index (κ2) is 8.34. The van der Waals surface area contributed by atoms with E-state index in [9.17, 15) is 4.79 Å². The Morgan fingerprint density at radius 2 is 1.80 bits per heavy atom. The molecule has 0 radical (unpaired) electrons. The zero-order valence-electron chi connectivity index (χ0n) is 16.3. The van der Waals surface area contributed by atoms with Gasteiger partial charge in [-0.15, -0.1) is 0 Å². The number of hydrogen-bond acceptors (Lipinski definition) is 4. The van der Waals surface area contributed by atoms with Crippen molar-refractivity contribution in [1.29, 1.82) is 0 Å². The third kappa shape index (κ3) is 3.97. The molecule has 0 unspecified atom stereocenters. The molecule has 0 bridgehead atoms. The van der Waals surface area contributed by atoms with Crippen LogP contribution in [0.3, 0.4) is 0 Å². The van der Waals surface area contributed by atoms with Gasteiger partial charge in [0.2, 0.25) is 0 Å². The number of carbonyl (C=O) groups excluding carboxylic acids is 1. The van der Waals surface area contributed by atoms with E-state index in [-0.39, 0.29) is 16.0 Å². The highest BCUT2D eigenvalue weighted by Crippen LogP contribution is 2.29. The van der Waals surface area contributed by atoms with Gasteiger partial charge in [0.1, 0.15) is 5.75 Å². The number of hydrogen-bond donors (Lipinski definition) is 1. The topological polar surface area (TPSA) is 69.0 Å². The Bertz CT molecular complexity index is 1220. The van der Waals surface area contributed by atoms with Gasteiger partial charge >= 0.3 is 0 Å². The summed E-state index contributed by atoms with van der Waals surface area (Å²) in [5, 5.41) is 8.94. The molecule has 0 atom stereocenters.